The molecule has 3 rings (SSSR count). The first-order chi connectivity index (χ1) is 10.3. The largest absolute Gasteiger partial charge is 0.474 e. The normalized spacial score (nSPS) is 11.8. The molecule has 0 aliphatic carbocycles. The number of carbonyl (C=O) groups is 1. The van der Waals surface area contributed by atoms with Crippen LogP contribution in [-0.4, -0.2) is 21.0 Å². The van der Waals surface area contributed by atoms with Gasteiger partial charge in [-0.25, -0.2) is 4.98 Å². The van der Waals surface area contributed by atoms with E-state index in [1.54, 1.807) is 24.3 Å². The van der Waals surface area contributed by atoms with E-state index in [0.717, 1.165) is 0 Å². The van der Waals surface area contributed by atoms with E-state index in [1.165, 1.54) is 6.33 Å². The average molecular weight is 279 g/mol. The maximum Gasteiger partial charge on any atom is 0.222 e. The highest BCUT2D eigenvalue weighted by Gasteiger charge is 2.27. The molecule has 0 saturated carbocycles. The van der Waals surface area contributed by atoms with Gasteiger partial charge >= 0.3 is 0 Å². The van der Waals surface area contributed by atoms with Crippen molar-refractivity contribution in [3.63, 3.8) is 0 Å². The molecule has 3 aromatic rings. The molecule has 1 heterocycles. The SMILES string of the molecule is O=C(c1ccccc1)C(Oc1ccccc1)c1nc[nH]n1. The Morgan fingerprint density at radius 1 is 1.00 bits per heavy atom. The number of benzene rings is 2. The first kappa shape index (κ1) is 13.1. The zero-order chi connectivity index (χ0) is 14.5. The summed E-state index contributed by atoms with van der Waals surface area (Å²) < 4.78 is 5.78. The number of hydrogen-bond acceptors (Lipinski definition) is 4. The molecular formula is C16H13N3O2. The van der Waals surface area contributed by atoms with Gasteiger partial charge in [0.2, 0.25) is 11.9 Å². The first-order valence-corrected chi connectivity index (χ1v) is 6.51. The van der Waals surface area contributed by atoms with Crippen molar-refractivity contribution < 1.29 is 9.53 Å². The number of carbonyl (C=O) groups excluding carboxylic acids is 1. The third kappa shape index (κ3) is 2.97. The van der Waals surface area contributed by atoms with Crippen LogP contribution in [0.1, 0.15) is 22.3 Å². The number of hydrogen-bond donors (Lipinski definition) is 1. The van der Waals surface area contributed by atoms with Crippen LogP contribution in [0.15, 0.2) is 67.0 Å². The number of Topliss-reactive ketones (excluding diaryl/α,β-unsaturated/α-hetero) is 1. The van der Waals surface area contributed by atoms with Crippen LogP contribution in [0.5, 0.6) is 5.75 Å². The number of nitrogens with zero attached hydrogens (tertiary/aromatic N) is 2. The molecule has 0 aliphatic heterocycles. The van der Waals surface area contributed by atoms with Gasteiger partial charge in [0.1, 0.15) is 12.1 Å². The number of para-hydroxylation sites is 1. The van der Waals surface area contributed by atoms with Gasteiger partial charge in [0.05, 0.1) is 0 Å². The van der Waals surface area contributed by atoms with Gasteiger partial charge in [-0.2, -0.15) is 5.10 Å². The van der Waals surface area contributed by atoms with Gasteiger partial charge in [-0.1, -0.05) is 48.5 Å². The number of H-pyrrole nitrogens is 1. The average Bonchev–Trinajstić information content (AvgIpc) is 3.08. The summed E-state index contributed by atoms with van der Waals surface area (Å²) in [7, 11) is 0. The molecule has 5 heteroatoms. The Morgan fingerprint density at radius 2 is 1.67 bits per heavy atom. The van der Waals surface area contributed by atoms with E-state index in [4.69, 9.17) is 4.74 Å². The molecule has 0 radical (unpaired) electrons. The summed E-state index contributed by atoms with van der Waals surface area (Å²) in [5, 5.41) is 6.59. The Balaban J connectivity index is 1.92. The Hall–Kier alpha value is -2.95. The second-order valence-corrected chi connectivity index (χ2v) is 4.40. The van der Waals surface area contributed by atoms with Crippen LogP contribution < -0.4 is 4.74 Å². The first-order valence-electron chi connectivity index (χ1n) is 6.51. The van der Waals surface area contributed by atoms with E-state index in [1.807, 2.05) is 36.4 Å². The molecule has 0 amide bonds. The smallest absolute Gasteiger partial charge is 0.222 e. The predicted molar refractivity (Wildman–Crippen MR) is 77.0 cm³/mol. The Labute approximate surface area is 121 Å². The fourth-order valence-corrected chi connectivity index (χ4v) is 1.96. The van der Waals surface area contributed by atoms with E-state index in [2.05, 4.69) is 15.2 Å². The lowest BCUT2D eigenvalue weighted by Gasteiger charge is -2.15. The summed E-state index contributed by atoms with van der Waals surface area (Å²) in [6.45, 7) is 0. The van der Waals surface area contributed by atoms with Gasteiger partial charge in [0, 0.05) is 5.56 Å². The maximum atomic E-state index is 12.6. The molecule has 5 nitrogen and oxygen atoms in total. The number of ether oxygens (including phenoxy) is 1. The lowest BCUT2D eigenvalue weighted by Crippen LogP contribution is -2.20. The molecule has 1 N–H and O–H groups in total. The molecule has 1 aromatic heterocycles. The predicted octanol–water partition coefficient (Wildman–Crippen LogP) is 2.81. The summed E-state index contributed by atoms with van der Waals surface area (Å²) in [6.07, 6.45) is 0.552. The van der Waals surface area contributed by atoms with Crippen molar-refractivity contribution in [3.8, 4) is 5.75 Å². The molecule has 0 fully saturated rings. The minimum absolute atomic E-state index is 0.181. The lowest BCUT2D eigenvalue weighted by atomic mass is 10.1. The van der Waals surface area contributed by atoms with Gasteiger partial charge in [-0.05, 0) is 12.1 Å². The van der Waals surface area contributed by atoms with Crippen molar-refractivity contribution in [2.75, 3.05) is 0 Å². The zero-order valence-corrected chi connectivity index (χ0v) is 11.1. The molecule has 21 heavy (non-hydrogen) atoms. The molecule has 104 valence electrons. The fraction of sp³-hybridized carbons (Fsp3) is 0.0625. The molecule has 2 aromatic carbocycles. The number of rotatable bonds is 5. The number of ketones is 1. The fourth-order valence-electron chi connectivity index (χ4n) is 1.96. The zero-order valence-electron chi connectivity index (χ0n) is 11.1. The number of aromatic nitrogens is 3. The molecule has 0 spiro atoms. The van der Waals surface area contributed by atoms with Crippen LogP contribution >= 0.6 is 0 Å². The van der Waals surface area contributed by atoms with Gasteiger partial charge < -0.3 is 4.74 Å². The Kier molecular flexibility index (Phi) is 3.73. The van der Waals surface area contributed by atoms with Crippen molar-refractivity contribution in [1.82, 2.24) is 15.2 Å². The second-order valence-electron chi connectivity index (χ2n) is 4.40. The van der Waals surface area contributed by atoms with Crippen LogP contribution in [0.4, 0.5) is 0 Å². The van der Waals surface area contributed by atoms with E-state index in [0.29, 0.717) is 17.1 Å². The van der Waals surface area contributed by atoms with E-state index >= 15 is 0 Å². The van der Waals surface area contributed by atoms with Crippen LogP contribution in [0.2, 0.25) is 0 Å². The topological polar surface area (TPSA) is 67.9 Å². The summed E-state index contributed by atoms with van der Waals surface area (Å²) in [5.74, 6) is 0.725. The standard InChI is InChI=1S/C16H13N3O2/c20-14(12-7-3-1-4-8-12)15(16-17-11-18-19-16)21-13-9-5-2-6-10-13/h1-11,15H,(H,17,18,19). The van der Waals surface area contributed by atoms with Crippen molar-refractivity contribution in [3.05, 3.63) is 78.4 Å². The van der Waals surface area contributed by atoms with Gasteiger partial charge in [-0.15, -0.1) is 0 Å². The highest BCUT2D eigenvalue weighted by molar-refractivity contribution is 5.99. The minimum atomic E-state index is -0.874. The van der Waals surface area contributed by atoms with E-state index < -0.39 is 6.10 Å². The van der Waals surface area contributed by atoms with Crippen LogP contribution in [0.25, 0.3) is 0 Å². The van der Waals surface area contributed by atoms with Crippen molar-refractivity contribution in [2.45, 2.75) is 6.10 Å². The number of aromatic amines is 1. The van der Waals surface area contributed by atoms with Gasteiger partial charge in [0.25, 0.3) is 0 Å². The molecular weight excluding hydrogens is 266 g/mol. The summed E-state index contributed by atoms with van der Waals surface area (Å²) >= 11 is 0. The summed E-state index contributed by atoms with van der Waals surface area (Å²) in [5.41, 5.74) is 0.559. The highest BCUT2D eigenvalue weighted by atomic mass is 16.5. The van der Waals surface area contributed by atoms with Crippen molar-refractivity contribution >= 4 is 5.78 Å². The third-order valence-electron chi connectivity index (χ3n) is 2.96. The maximum absolute atomic E-state index is 12.6. The van der Waals surface area contributed by atoms with E-state index in [9.17, 15) is 4.79 Å². The van der Waals surface area contributed by atoms with Crippen LogP contribution in [-0.2, 0) is 0 Å². The van der Waals surface area contributed by atoms with Gasteiger partial charge in [0.15, 0.2) is 5.82 Å². The minimum Gasteiger partial charge on any atom is -0.474 e. The molecule has 0 aliphatic rings. The Morgan fingerprint density at radius 3 is 2.29 bits per heavy atom. The van der Waals surface area contributed by atoms with E-state index in [-0.39, 0.29) is 5.78 Å². The molecule has 0 saturated heterocycles. The van der Waals surface area contributed by atoms with Crippen molar-refractivity contribution in [1.29, 1.82) is 0 Å². The quantitative estimate of drug-likeness (QED) is 0.729. The van der Waals surface area contributed by atoms with Gasteiger partial charge in [-0.3, -0.25) is 9.89 Å². The highest BCUT2D eigenvalue weighted by Crippen LogP contribution is 2.22. The Bertz CT molecular complexity index is 697. The molecule has 0 bridgehead atoms. The monoisotopic (exact) mass is 279 g/mol. The molecule has 1 atom stereocenters. The lowest BCUT2D eigenvalue weighted by molar-refractivity contribution is 0.0780. The third-order valence-corrected chi connectivity index (χ3v) is 2.96. The van der Waals surface area contributed by atoms with Crippen LogP contribution in [0, 0.1) is 0 Å². The summed E-state index contributed by atoms with van der Waals surface area (Å²) in [4.78, 5) is 16.7. The number of nitrogens with one attached hydrogen (secondary N) is 1. The second kappa shape index (κ2) is 6.00. The summed E-state index contributed by atoms with van der Waals surface area (Å²) in [6, 6.07) is 18.1. The van der Waals surface area contributed by atoms with Crippen molar-refractivity contribution in [2.24, 2.45) is 0 Å². The van der Waals surface area contributed by atoms with Crippen LogP contribution in [0.3, 0.4) is 0 Å². The molecule has 1 unspecified atom stereocenters.